The van der Waals surface area contributed by atoms with Gasteiger partial charge in [0.15, 0.2) is 0 Å². The minimum Gasteiger partial charge on any atom is -0.317 e. The Kier molecular flexibility index (Phi) is 3.16. The van der Waals surface area contributed by atoms with Gasteiger partial charge in [-0.15, -0.1) is 0 Å². The second-order valence-electron chi connectivity index (χ2n) is 5.62. The van der Waals surface area contributed by atoms with Crippen LogP contribution in [-0.4, -0.2) is 13.1 Å². The smallest absolute Gasteiger partial charge is 0.0102 e. The van der Waals surface area contributed by atoms with E-state index in [9.17, 15) is 0 Å². The third kappa shape index (κ3) is 2.08. The first kappa shape index (κ1) is 12.4. The molecule has 2 atom stereocenters. The second-order valence-corrected chi connectivity index (χ2v) is 5.62. The van der Waals surface area contributed by atoms with Gasteiger partial charge < -0.3 is 5.32 Å². The molecular formula is C18H21N. The van der Waals surface area contributed by atoms with Crippen molar-refractivity contribution in [3.63, 3.8) is 0 Å². The summed E-state index contributed by atoms with van der Waals surface area (Å²) in [5.74, 6) is 0.541. The topological polar surface area (TPSA) is 12.0 Å². The van der Waals surface area contributed by atoms with Crippen LogP contribution < -0.4 is 5.32 Å². The summed E-state index contributed by atoms with van der Waals surface area (Å²) in [5.41, 5.74) is 7.22. The fraction of sp³-hybridized carbons (Fsp3) is 0.333. The normalized spacial score (nSPS) is 15.7. The van der Waals surface area contributed by atoms with E-state index in [1.54, 1.807) is 0 Å². The zero-order chi connectivity index (χ0) is 13.4. The average molecular weight is 251 g/mol. The van der Waals surface area contributed by atoms with Crippen LogP contribution in [0.5, 0.6) is 0 Å². The van der Waals surface area contributed by atoms with E-state index in [2.05, 4.69) is 61.6 Å². The molecule has 0 saturated carbocycles. The van der Waals surface area contributed by atoms with E-state index in [1.807, 2.05) is 7.05 Å². The van der Waals surface area contributed by atoms with Gasteiger partial charge in [-0.25, -0.2) is 0 Å². The van der Waals surface area contributed by atoms with Crippen LogP contribution in [0.25, 0.3) is 11.1 Å². The Morgan fingerprint density at radius 2 is 1.68 bits per heavy atom. The maximum Gasteiger partial charge on any atom is 0.0102 e. The van der Waals surface area contributed by atoms with Crippen LogP contribution in [0.3, 0.4) is 0 Å². The van der Waals surface area contributed by atoms with E-state index in [0.29, 0.717) is 12.0 Å². The van der Waals surface area contributed by atoms with E-state index in [4.69, 9.17) is 0 Å². The first-order chi connectivity index (χ1) is 9.20. The fourth-order valence-electron chi connectivity index (χ4n) is 2.99. The highest BCUT2D eigenvalue weighted by atomic mass is 14.9. The maximum atomic E-state index is 3.35. The Morgan fingerprint density at radius 3 is 2.47 bits per heavy atom. The van der Waals surface area contributed by atoms with E-state index in [-0.39, 0.29) is 0 Å². The van der Waals surface area contributed by atoms with Crippen molar-refractivity contribution in [3.8, 4) is 11.1 Å². The molecular weight excluding hydrogens is 230 g/mol. The summed E-state index contributed by atoms with van der Waals surface area (Å²) in [4.78, 5) is 0. The molecule has 2 unspecified atom stereocenters. The lowest BCUT2D eigenvalue weighted by Crippen LogP contribution is -2.27. The highest BCUT2D eigenvalue weighted by Gasteiger charge is 2.20. The molecule has 1 N–H and O–H groups in total. The molecule has 1 aliphatic rings. The van der Waals surface area contributed by atoms with Gasteiger partial charge in [-0.3, -0.25) is 0 Å². The third-order valence-corrected chi connectivity index (χ3v) is 4.55. The molecule has 98 valence electrons. The van der Waals surface area contributed by atoms with E-state index < -0.39 is 0 Å². The molecule has 19 heavy (non-hydrogen) atoms. The summed E-state index contributed by atoms with van der Waals surface area (Å²) in [5, 5.41) is 3.35. The minimum absolute atomic E-state index is 0.502. The Balaban J connectivity index is 1.98. The quantitative estimate of drug-likeness (QED) is 0.742. The molecule has 2 aromatic rings. The molecule has 0 amide bonds. The number of hydrogen-bond donors (Lipinski definition) is 1. The van der Waals surface area contributed by atoms with Crippen LogP contribution in [0.1, 0.15) is 36.5 Å². The lowest BCUT2D eigenvalue weighted by atomic mass is 9.91. The molecule has 0 fully saturated rings. The predicted molar refractivity (Wildman–Crippen MR) is 81.6 cm³/mol. The second kappa shape index (κ2) is 4.82. The molecule has 0 aromatic heterocycles. The predicted octanol–water partition coefficient (Wildman–Crippen LogP) is 3.97. The Morgan fingerprint density at radius 1 is 0.947 bits per heavy atom. The number of rotatable bonds is 3. The van der Waals surface area contributed by atoms with Gasteiger partial charge in [0.25, 0.3) is 0 Å². The van der Waals surface area contributed by atoms with Gasteiger partial charge in [-0.1, -0.05) is 49.4 Å². The van der Waals surface area contributed by atoms with E-state index in [1.165, 1.54) is 27.8 Å². The van der Waals surface area contributed by atoms with Crippen molar-refractivity contribution in [1.29, 1.82) is 0 Å². The highest BCUT2D eigenvalue weighted by Crippen LogP contribution is 2.37. The lowest BCUT2D eigenvalue weighted by molar-refractivity contribution is 0.524. The maximum absolute atomic E-state index is 3.35. The molecule has 1 aliphatic carbocycles. The van der Waals surface area contributed by atoms with E-state index >= 15 is 0 Å². The highest BCUT2D eigenvalue weighted by molar-refractivity contribution is 5.77. The molecule has 3 rings (SSSR count). The van der Waals surface area contributed by atoms with Gasteiger partial charge in [0.1, 0.15) is 0 Å². The SMILES string of the molecule is CNC(C)C(C)c1ccc2c(c1)Cc1ccccc1-2. The van der Waals surface area contributed by atoms with Gasteiger partial charge in [-0.05, 0) is 54.1 Å². The van der Waals surface area contributed by atoms with Gasteiger partial charge in [0, 0.05) is 6.04 Å². The molecule has 1 heteroatoms. The summed E-state index contributed by atoms with van der Waals surface area (Å²) in [7, 11) is 2.03. The number of likely N-dealkylation sites (N-methyl/N-ethyl adjacent to an activating group) is 1. The van der Waals surface area contributed by atoms with E-state index in [0.717, 1.165) is 6.42 Å². The average Bonchev–Trinajstić information content (AvgIpc) is 2.83. The van der Waals surface area contributed by atoms with Crippen molar-refractivity contribution in [1.82, 2.24) is 5.32 Å². The first-order valence-electron chi connectivity index (χ1n) is 7.09. The van der Waals surface area contributed by atoms with Gasteiger partial charge in [0.2, 0.25) is 0 Å². The van der Waals surface area contributed by atoms with Crippen molar-refractivity contribution in [2.24, 2.45) is 0 Å². The summed E-state index contributed by atoms with van der Waals surface area (Å²) in [6.07, 6.45) is 1.08. The summed E-state index contributed by atoms with van der Waals surface area (Å²) in [6, 6.07) is 16.2. The van der Waals surface area contributed by atoms with Crippen molar-refractivity contribution in [3.05, 3.63) is 59.2 Å². The van der Waals surface area contributed by atoms with Crippen molar-refractivity contribution >= 4 is 0 Å². The first-order valence-corrected chi connectivity index (χ1v) is 7.09. The molecule has 0 spiro atoms. The minimum atomic E-state index is 0.502. The van der Waals surface area contributed by atoms with Gasteiger partial charge in [0.05, 0.1) is 0 Å². The summed E-state index contributed by atoms with van der Waals surface area (Å²) >= 11 is 0. The zero-order valence-electron chi connectivity index (χ0n) is 11.9. The van der Waals surface area contributed by atoms with Crippen molar-refractivity contribution in [2.75, 3.05) is 7.05 Å². The van der Waals surface area contributed by atoms with Crippen LogP contribution >= 0.6 is 0 Å². The van der Waals surface area contributed by atoms with Crippen LogP contribution in [0.15, 0.2) is 42.5 Å². The van der Waals surface area contributed by atoms with Crippen molar-refractivity contribution in [2.45, 2.75) is 32.2 Å². The van der Waals surface area contributed by atoms with Crippen LogP contribution in [0, 0.1) is 0 Å². The monoisotopic (exact) mass is 251 g/mol. The molecule has 0 aliphatic heterocycles. The fourth-order valence-corrected chi connectivity index (χ4v) is 2.99. The molecule has 0 radical (unpaired) electrons. The number of hydrogen-bond acceptors (Lipinski definition) is 1. The molecule has 0 bridgehead atoms. The molecule has 0 saturated heterocycles. The molecule has 1 nitrogen and oxygen atoms in total. The number of nitrogens with one attached hydrogen (secondary N) is 1. The summed E-state index contributed by atoms with van der Waals surface area (Å²) in [6.45, 7) is 4.54. The van der Waals surface area contributed by atoms with Crippen LogP contribution in [-0.2, 0) is 6.42 Å². The summed E-state index contributed by atoms with van der Waals surface area (Å²) < 4.78 is 0. The van der Waals surface area contributed by atoms with Crippen LogP contribution in [0.2, 0.25) is 0 Å². The van der Waals surface area contributed by atoms with Gasteiger partial charge in [-0.2, -0.15) is 0 Å². The Labute approximate surface area is 115 Å². The zero-order valence-corrected chi connectivity index (χ0v) is 11.9. The third-order valence-electron chi connectivity index (χ3n) is 4.55. The van der Waals surface area contributed by atoms with Crippen LogP contribution in [0.4, 0.5) is 0 Å². The van der Waals surface area contributed by atoms with Crippen molar-refractivity contribution < 1.29 is 0 Å². The molecule has 2 aromatic carbocycles. The standard InChI is InChI=1S/C18H21N/c1-12(13(2)19-3)14-8-9-18-16(10-14)11-15-6-4-5-7-17(15)18/h4-10,12-13,19H,11H2,1-3H3. The Bertz CT molecular complexity index is 600. The lowest BCUT2D eigenvalue weighted by Gasteiger charge is -2.20. The Hall–Kier alpha value is -1.60. The molecule has 0 heterocycles. The number of benzene rings is 2. The largest absolute Gasteiger partial charge is 0.317 e. The van der Waals surface area contributed by atoms with Gasteiger partial charge >= 0.3 is 0 Å². The number of fused-ring (bicyclic) bond motifs is 3.